The molecule has 0 saturated heterocycles. The van der Waals surface area contributed by atoms with Crippen LogP contribution in [0.2, 0.25) is 0 Å². The number of aromatic amines is 1. The van der Waals surface area contributed by atoms with Gasteiger partial charge in [0, 0.05) is 31.1 Å². The second-order valence-electron chi connectivity index (χ2n) is 7.81. The van der Waals surface area contributed by atoms with Crippen LogP contribution in [0.3, 0.4) is 0 Å². The Morgan fingerprint density at radius 3 is 2.94 bits per heavy atom. The lowest BCUT2D eigenvalue weighted by Gasteiger charge is -2.32. The monoisotopic (exact) mass is 496 g/mol. The van der Waals surface area contributed by atoms with Gasteiger partial charge in [0.1, 0.15) is 11.6 Å². The van der Waals surface area contributed by atoms with Gasteiger partial charge in [0.2, 0.25) is 0 Å². The first-order valence-corrected chi connectivity index (χ1v) is 10.7. The number of aromatic nitrogens is 7. The number of hydrogen-bond acceptors (Lipinski definition) is 8. The van der Waals surface area contributed by atoms with Crippen LogP contribution in [0.15, 0.2) is 53.5 Å². The lowest BCUT2D eigenvalue weighted by atomic mass is 9.99. The number of hydrogen-bond donors (Lipinski definition) is 1. The molecule has 6 heterocycles. The zero-order valence-corrected chi connectivity index (χ0v) is 18.2. The first kappa shape index (κ1) is 21.8. The number of carbonyl (C=O) groups is 1. The molecular weight excluding hydrogens is 481 g/mol. The van der Waals surface area contributed by atoms with Crippen LogP contribution in [0.5, 0.6) is 5.75 Å². The quantitative estimate of drug-likeness (QED) is 0.393. The Hall–Kier alpha value is -4.75. The summed E-state index contributed by atoms with van der Waals surface area (Å²) < 4.78 is 51.4. The van der Waals surface area contributed by atoms with Crippen molar-refractivity contribution in [2.24, 2.45) is 0 Å². The molecule has 6 rings (SSSR count). The number of H-pyrrole nitrogens is 1. The minimum atomic E-state index is -3.02. The summed E-state index contributed by atoms with van der Waals surface area (Å²) in [5.41, 5.74) is 1.79. The van der Waals surface area contributed by atoms with Crippen LogP contribution >= 0.6 is 0 Å². The molecule has 182 valence electrons. The fraction of sp³-hybridized carbons (Fsp3) is 0.182. The number of carbonyl (C=O) groups excluding carboxylic acids is 1. The SMILES string of the molecule is O=C(c1nnc(-c2ncccc2F)o1)N1CCc2[nH]cnc2C1c1cc2c(OC(F)F)cccn2n1. The van der Waals surface area contributed by atoms with Gasteiger partial charge in [-0.25, -0.2) is 18.9 Å². The molecule has 0 radical (unpaired) electrons. The minimum Gasteiger partial charge on any atom is -0.433 e. The molecule has 1 aliphatic rings. The lowest BCUT2D eigenvalue weighted by molar-refractivity contribution is -0.0490. The van der Waals surface area contributed by atoms with Gasteiger partial charge in [-0.15, -0.1) is 10.2 Å². The molecule has 36 heavy (non-hydrogen) atoms. The zero-order chi connectivity index (χ0) is 24.8. The third-order valence-electron chi connectivity index (χ3n) is 5.73. The van der Waals surface area contributed by atoms with Crippen LogP contribution in [-0.2, 0) is 6.42 Å². The summed E-state index contributed by atoms with van der Waals surface area (Å²) in [6, 6.07) is 6.26. The molecular formula is C22H15F3N8O3. The maximum atomic E-state index is 14.1. The number of pyridine rings is 2. The average molecular weight is 496 g/mol. The van der Waals surface area contributed by atoms with Gasteiger partial charge in [-0.1, -0.05) is 0 Å². The first-order chi connectivity index (χ1) is 17.5. The minimum absolute atomic E-state index is 0.0684. The van der Waals surface area contributed by atoms with Gasteiger partial charge >= 0.3 is 18.4 Å². The van der Waals surface area contributed by atoms with E-state index >= 15 is 0 Å². The molecule has 1 amide bonds. The van der Waals surface area contributed by atoms with Gasteiger partial charge in [0.25, 0.3) is 5.89 Å². The molecule has 0 saturated carbocycles. The van der Waals surface area contributed by atoms with E-state index in [0.29, 0.717) is 17.8 Å². The summed E-state index contributed by atoms with van der Waals surface area (Å²) in [6.45, 7) is -2.78. The average Bonchev–Trinajstić information content (AvgIpc) is 3.62. The number of rotatable bonds is 5. The number of imidazole rings is 1. The summed E-state index contributed by atoms with van der Waals surface area (Å²) in [6.07, 6.45) is 4.89. The predicted molar refractivity (Wildman–Crippen MR) is 114 cm³/mol. The molecule has 0 fully saturated rings. The first-order valence-electron chi connectivity index (χ1n) is 10.7. The standard InChI is InChI=1S/C22H15F3N8O3/c23-11-3-1-6-26-16(11)19-29-30-20(36-19)21(34)32-8-5-12-17(28-10-27-12)18(32)13-9-14-15(35-22(24)25)4-2-7-33(14)31-13/h1-4,6-7,9-10,18,22H,5,8H2,(H,27,28). The van der Waals surface area contributed by atoms with Crippen molar-refractivity contribution in [2.75, 3.05) is 6.54 Å². The van der Waals surface area contributed by atoms with Crippen molar-refractivity contribution in [3.63, 3.8) is 0 Å². The highest BCUT2D eigenvalue weighted by molar-refractivity contribution is 5.90. The van der Waals surface area contributed by atoms with Crippen LogP contribution in [0, 0.1) is 5.82 Å². The van der Waals surface area contributed by atoms with Crippen LogP contribution in [0.4, 0.5) is 13.2 Å². The van der Waals surface area contributed by atoms with E-state index < -0.39 is 24.4 Å². The van der Waals surface area contributed by atoms with Gasteiger partial charge in [-0.2, -0.15) is 13.9 Å². The van der Waals surface area contributed by atoms with E-state index in [1.54, 1.807) is 12.3 Å². The van der Waals surface area contributed by atoms with Crippen molar-refractivity contribution in [3.8, 4) is 17.3 Å². The third-order valence-corrected chi connectivity index (χ3v) is 5.73. The maximum absolute atomic E-state index is 14.1. The Morgan fingerprint density at radius 1 is 1.22 bits per heavy atom. The zero-order valence-electron chi connectivity index (χ0n) is 18.2. The Balaban J connectivity index is 1.40. The number of alkyl halides is 2. The van der Waals surface area contributed by atoms with Crippen molar-refractivity contribution in [1.82, 2.24) is 39.7 Å². The summed E-state index contributed by atoms with van der Waals surface area (Å²) in [5, 5.41) is 12.1. The molecule has 14 heteroatoms. The van der Waals surface area contributed by atoms with E-state index in [-0.39, 0.29) is 35.3 Å². The Kier molecular flexibility index (Phi) is 5.13. The summed E-state index contributed by atoms with van der Waals surface area (Å²) in [7, 11) is 0. The number of ether oxygens (including phenoxy) is 1. The maximum Gasteiger partial charge on any atom is 0.387 e. The number of amides is 1. The second-order valence-corrected chi connectivity index (χ2v) is 7.81. The van der Waals surface area contributed by atoms with Crippen molar-refractivity contribution >= 4 is 11.4 Å². The van der Waals surface area contributed by atoms with E-state index in [4.69, 9.17) is 4.42 Å². The van der Waals surface area contributed by atoms with E-state index in [0.717, 1.165) is 5.69 Å². The molecule has 0 bridgehead atoms. The molecule has 11 nitrogen and oxygen atoms in total. The number of nitrogens with zero attached hydrogens (tertiary/aromatic N) is 7. The molecule has 1 atom stereocenters. The van der Waals surface area contributed by atoms with Gasteiger partial charge < -0.3 is 19.0 Å². The highest BCUT2D eigenvalue weighted by atomic mass is 19.3. The summed E-state index contributed by atoms with van der Waals surface area (Å²) in [5.74, 6) is -1.99. The topological polar surface area (TPSA) is 127 Å². The second kappa shape index (κ2) is 8.48. The molecule has 5 aromatic heterocycles. The van der Waals surface area contributed by atoms with E-state index in [1.807, 2.05) is 0 Å². The van der Waals surface area contributed by atoms with Gasteiger partial charge in [-0.3, -0.25) is 4.79 Å². The molecule has 0 spiro atoms. The van der Waals surface area contributed by atoms with Crippen molar-refractivity contribution in [2.45, 2.75) is 19.1 Å². The van der Waals surface area contributed by atoms with Crippen LogP contribution < -0.4 is 4.74 Å². The number of nitrogens with one attached hydrogen (secondary N) is 1. The molecule has 1 unspecified atom stereocenters. The van der Waals surface area contributed by atoms with Crippen LogP contribution in [-0.4, -0.2) is 58.7 Å². The van der Waals surface area contributed by atoms with Crippen LogP contribution in [0.25, 0.3) is 17.1 Å². The Morgan fingerprint density at radius 2 is 2.11 bits per heavy atom. The Labute approximate surface area is 199 Å². The van der Waals surface area contributed by atoms with Crippen LogP contribution in [0.1, 0.15) is 33.8 Å². The fourth-order valence-corrected chi connectivity index (χ4v) is 4.20. The lowest BCUT2D eigenvalue weighted by Crippen LogP contribution is -2.41. The van der Waals surface area contributed by atoms with E-state index in [9.17, 15) is 18.0 Å². The highest BCUT2D eigenvalue weighted by Crippen LogP contribution is 2.35. The van der Waals surface area contributed by atoms with Crippen molar-refractivity contribution < 1.29 is 27.1 Å². The Bertz CT molecular complexity index is 1580. The third kappa shape index (κ3) is 3.62. The summed E-state index contributed by atoms with van der Waals surface area (Å²) in [4.78, 5) is 26.2. The van der Waals surface area contributed by atoms with E-state index in [2.05, 4.69) is 35.0 Å². The van der Waals surface area contributed by atoms with E-state index in [1.165, 1.54) is 46.2 Å². The van der Waals surface area contributed by atoms with Crippen molar-refractivity contribution in [3.05, 3.63) is 77.8 Å². The number of fused-ring (bicyclic) bond motifs is 2. The predicted octanol–water partition coefficient (Wildman–Crippen LogP) is 3.03. The highest BCUT2D eigenvalue weighted by Gasteiger charge is 2.38. The summed E-state index contributed by atoms with van der Waals surface area (Å²) >= 11 is 0. The van der Waals surface area contributed by atoms with Crippen molar-refractivity contribution in [1.29, 1.82) is 0 Å². The molecule has 5 aromatic rings. The molecule has 0 aromatic carbocycles. The van der Waals surface area contributed by atoms with Gasteiger partial charge in [-0.05, 0) is 30.3 Å². The molecule has 1 N–H and O–H groups in total. The van der Waals surface area contributed by atoms with Gasteiger partial charge in [0.05, 0.1) is 17.7 Å². The van der Waals surface area contributed by atoms with Gasteiger partial charge in [0.15, 0.2) is 17.3 Å². The smallest absolute Gasteiger partial charge is 0.387 e. The normalized spacial score (nSPS) is 15.4. The number of halogens is 3. The molecule has 0 aliphatic carbocycles. The molecule has 1 aliphatic heterocycles. The fourth-order valence-electron chi connectivity index (χ4n) is 4.20. The largest absolute Gasteiger partial charge is 0.433 e.